The maximum Gasteiger partial charge on any atom is 0.262 e. The van der Waals surface area contributed by atoms with Gasteiger partial charge in [0.25, 0.3) is 5.91 Å². The van der Waals surface area contributed by atoms with E-state index in [9.17, 15) is 15.2 Å². The van der Waals surface area contributed by atoms with Crippen LogP contribution in [0.25, 0.3) is 6.08 Å². The second-order valence-electron chi connectivity index (χ2n) is 6.29. The van der Waals surface area contributed by atoms with Gasteiger partial charge < -0.3 is 19.9 Å². The Hall–Kier alpha value is -2.68. The number of rotatable bonds is 5. The Labute approximate surface area is 148 Å². The van der Waals surface area contributed by atoms with Crippen molar-refractivity contribution in [1.29, 1.82) is 5.26 Å². The first-order valence-corrected chi connectivity index (χ1v) is 8.37. The smallest absolute Gasteiger partial charge is 0.262 e. The van der Waals surface area contributed by atoms with E-state index in [1.807, 2.05) is 6.07 Å². The number of nitrogens with zero attached hydrogens (tertiary/aromatic N) is 1. The molecule has 6 heteroatoms. The highest BCUT2D eigenvalue weighted by atomic mass is 16.5. The van der Waals surface area contributed by atoms with E-state index in [1.54, 1.807) is 12.1 Å². The lowest BCUT2D eigenvalue weighted by atomic mass is 9.86. The lowest BCUT2D eigenvalue weighted by Crippen LogP contribution is -2.41. The molecule has 25 heavy (non-hydrogen) atoms. The molecule has 2 atom stereocenters. The van der Waals surface area contributed by atoms with Crippen molar-refractivity contribution in [2.75, 3.05) is 14.2 Å². The largest absolute Gasteiger partial charge is 0.502 e. The first kappa shape index (κ1) is 18.7. The van der Waals surface area contributed by atoms with Gasteiger partial charge in [-0.2, -0.15) is 5.26 Å². The third-order valence-corrected chi connectivity index (χ3v) is 4.61. The van der Waals surface area contributed by atoms with E-state index in [-0.39, 0.29) is 34.8 Å². The molecule has 0 unspecified atom stereocenters. The fourth-order valence-corrected chi connectivity index (χ4v) is 3.09. The fraction of sp³-hybridized carbons (Fsp3) is 0.474. The lowest BCUT2D eigenvalue weighted by Gasteiger charge is -2.29. The number of phenols is 1. The predicted octanol–water partition coefficient (Wildman–Crippen LogP) is 3.01. The summed E-state index contributed by atoms with van der Waals surface area (Å²) >= 11 is 0. The third-order valence-electron chi connectivity index (χ3n) is 4.61. The Morgan fingerprint density at radius 2 is 1.88 bits per heavy atom. The van der Waals surface area contributed by atoms with E-state index in [0.717, 1.165) is 19.3 Å². The second kappa shape index (κ2) is 8.43. The molecule has 0 bridgehead atoms. The number of methoxy groups -OCH3 is 2. The van der Waals surface area contributed by atoms with Crippen molar-refractivity contribution in [3.05, 3.63) is 23.3 Å². The monoisotopic (exact) mass is 344 g/mol. The summed E-state index contributed by atoms with van der Waals surface area (Å²) in [5, 5.41) is 22.3. The van der Waals surface area contributed by atoms with Crippen molar-refractivity contribution in [3.63, 3.8) is 0 Å². The summed E-state index contributed by atoms with van der Waals surface area (Å²) in [7, 11) is 2.84. The molecule has 1 amide bonds. The van der Waals surface area contributed by atoms with Crippen LogP contribution in [0.2, 0.25) is 0 Å². The minimum atomic E-state index is -0.382. The summed E-state index contributed by atoms with van der Waals surface area (Å²) in [5.74, 6) is 0.327. The summed E-state index contributed by atoms with van der Waals surface area (Å²) in [6, 6.07) is 5.14. The summed E-state index contributed by atoms with van der Waals surface area (Å²) < 4.78 is 10.2. The highest BCUT2D eigenvalue weighted by Gasteiger charge is 2.24. The number of amides is 1. The maximum absolute atomic E-state index is 12.5. The molecule has 1 aliphatic carbocycles. The number of nitriles is 1. The van der Waals surface area contributed by atoms with Crippen LogP contribution >= 0.6 is 0 Å². The van der Waals surface area contributed by atoms with Gasteiger partial charge in [-0.1, -0.05) is 19.8 Å². The van der Waals surface area contributed by atoms with Gasteiger partial charge >= 0.3 is 0 Å². The molecule has 2 N–H and O–H groups in total. The van der Waals surface area contributed by atoms with Crippen molar-refractivity contribution in [2.45, 2.75) is 38.6 Å². The average Bonchev–Trinajstić information content (AvgIpc) is 2.62. The SMILES string of the molecule is COc1cc(/C=C(\C#N)C(=O)N[C@H]2CCCC[C@@H]2C)cc(OC)c1O. The first-order valence-electron chi connectivity index (χ1n) is 8.37. The Kier molecular flexibility index (Phi) is 6.29. The molecule has 1 saturated carbocycles. The Morgan fingerprint density at radius 3 is 2.40 bits per heavy atom. The number of ether oxygens (including phenoxy) is 2. The standard InChI is InChI=1S/C19H24N2O4/c1-12-6-4-5-7-15(12)21-19(23)14(11-20)8-13-9-16(24-2)18(22)17(10-13)25-3/h8-10,12,15,22H,4-7H2,1-3H3,(H,21,23)/b14-8+/t12-,15-/m0/s1. The van der Waals surface area contributed by atoms with Gasteiger partial charge in [0, 0.05) is 6.04 Å². The summed E-state index contributed by atoms with van der Waals surface area (Å²) in [6.45, 7) is 2.12. The predicted molar refractivity (Wildman–Crippen MR) is 94.4 cm³/mol. The van der Waals surface area contributed by atoms with Crippen molar-refractivity contribution in [2.24, 2.45) is 5.92 Å². The number of phenolic OH excluding ortho intramolecular Hbond substituents is 1. The van der Waals surface area contributed by atoms with Crippen LogP contribution < -0.4 is 14.8 Å². The molecular formula is C19H24N2O4. The van der Waals surface area contributed by atoms with Gasteiger partial charge in [-0.3, -0.25) is 4.79 Å². The minimum absolute atomic E-state index is 0.00701. The summed E-state index contributed by atoms with van der Waals surface area (Å²) in [6.07, 6.45) is 5.76. The topological polar surface area (TPSA) is 91.6 Å². The zero-order chi connectivity index (χ0) is 18.4. The van der Waals surface area contributed by atoms with Crippen LogP contribution in [-0.4, -0.2) is 31.3 Å². The van der Waals surface area contributed by atoms with Crippen LogP contribution in [0.3, 0.4) is 0 Å². The van der Waals surface area contributed by atoms with Gasteiger partial charge in [0.05, 0.1) is 14.2 Å². The molecule has 0 saturated heterocycles. The number of hydrogen-bond acceptors (Lipinski definition) is 5. The van der Waals surface area contributed by atoms with Crippen molar-refractivity contribution < 1.29 is 19.4 Å². The van der Waals surface area contributed by atoms with Crippen LogP contribution in [0.4, 0.5) is 0 Å². The number of carbonyl (C=O) groups is 1. The molecule has 1 aliphatic rings. The van der Waals surface area contributed by atoms with Crippen LogP contribution in [0, 0.1) is 17.2 Å². The van der Waals surface area contributed by atoms with Gasteiger partial charge in [-0.25, -0.2) is 0 Å². The van der Waals surface area contributed by atoms with Crippen LogP contribution in [0.5, 0.6) is 17.2 Å². The van der Waals surface area contributed by atoms with E-state index < -0.39 is 0 Å². The Balaban J connectivity index is 2.24. The molecular weight excluding hydrogens is 320 g/mol. The molecule has 0 spiro atoms. The van der Waals surface area contributed by atoms with E-state index in [0.29, 0.717) is 11.5 Å². The van der Waals surface area contributed by atoms with E-state index in [4.69, 9.17) is 9.47 Å². The van der Waals surface area contributed by atoms with E-state index in [1.165, 1.54) is 26.7 Å². The number of nitrogens with one attached hydrogen (secondary N) is 1. The number of benzene rings is 1. The second-order valence-corrected chi connectivity index (χ2v) is 6.29. The molecule has 6 nitrogen and oxygen atoms in total. The molecule has 2 rings (SSSR count). The quantitative estimate of drug-likeness (QED) is 0.633. The molecule has 1 aromatic carbocycles. The highest BCUT2D eigenvalue weighted by molar-refractivity contribution is 6.02. The average molecular weight is 344 g/mol. The molecule has 0 aliphatic heterocycles. The Bertz CT molecular complexity index is 681. The molecule has 1 fully saturated rings. The Morgan fingerprint density at radius 1 is 1.28 bits per heavy atom. The van der Waals surface area contributed by atoms with E-state index >= 15 is 0 Å². The molecule has 0 aromatic heterocycles. The van der Waals surface area contributed by atoms with Crippen molar-refractivity contribution in [3.8, 4) is 23.3 Å². The van der Waals surface area contributed by atoms with Crippen molar-refractivity contribution in [1.82, 2.24) is 5.32 Å². The zero-order valence-electron chi connectivity index (χ0n) is 14.8. The minimum Gasteiger partial charge on any atom is -0.502 e. The van der Waals surface area contributed by atoms with Gasteiger partial charge in [0.15, 0.2) is 11.5 Å². The molecule has 134 valence electrons. The van der Waals surface area contributed by atoms with Gasteiger partial charge in [-0.05, 0) is 42.5 Å². The summed E-state index contributed by atoms with van der Waals surface area (Å²) in [4.78, 5) is 12.5. The number of aromatic hydroxyl groups is 1. The highest BCUT2D eigenvalue weighted by Crippen LogP contribution is 2.37. The maximum atomic E-state index is 12.5. The molecule has 0 radical (unpaired) electrons. The third kappa shape index (κ3) is 4.44. The van der Waals surface area contributed by atoms with Crippen molar-refractivity contribution >= 4 is 12.0 Å². The molecule has 1 aromatic rings. The number of hydrogen-bond donors (Lipinski definition) is 2. The van der Waals surface area contributed by atoms with Crippen LogP contribution in [0.15, 0.2) is 17.7 Å². The van der Waals surface area contributed by atoms with Crippen LogP contribution in [0.1, 0.15) is 38.2 Å². The first-order chi connectivity index (χ1) is 12.0. The normalized spacial score (nSPS) is 20.5. The van der Waals surface area contributed by atoms with E-state index in [2.05, 4.69) is 12.2 Å². The lowest BCUT2D eigenvalue weighted by molar-refractivity contribution is -0.118. The van der Waals surface area contributed by atoms with Crippen LogP contribution in [-0.2, 0) is 4.79 Å². The van der Waals surface area contributed by atoms with Gasteiger partial charge in [-0.15, -0.1) is 0 Å². The zero-order valence-corrected chi connectivity index (χ0v) is 14.8. The van der Waals surface area contributed by atoms with Gasteiger partial charge in [0.2, 0.25) is 5.75 Å². The number of carbonyl (C=O) groups excluding carboxylic acids is 1. The fourth-order valence-electron chi connectivity index (χ4n) is 3.09. The molecule has 0 heterocycles. The van der Waals surface area contributed by atoms with Gasteiger partial charge in [0.1, 0.15) is 11.6 Å². The summed E-state index contributed by atoms with van der Waals surface area (Å²) in [5.41, 5.74) is 0.544.